The van der Waals surface area contributed by atoms with Gasteiger partial charge in [0.05, 0.1) is 24.7 Å². The summed E-state index contributed by atoms with van der Waals surface area (Å²) in [5.41, 5.74) is 0. The van der Waals surface area contributed by atoms with Crippen LogP contribution in [0.3, 0.4) is 0 Å². The number of ether oxygens (including phenoxy) is 3. The third kappa shape index (κ3) is 4.48. The first-order valence-electron chi connectivity index (χ1n) is 8.68. The summed E-state index contributed by atoms with van der Waals surface area (Å²) < 4.78 is 43.6. The summed E-state index contributed by atoms with van der Waals surface area (Å²) >= 11 is 0. The van der Waals surface area contributed by atoms with Gasteiger partial charge in [0.15, 0.2) is 0 Å². The second kappa shape index (κ2) is 8.10. The van der Waals surface area contributed by atoms with Crippen LogP contribution in [-0.4, -0.2) is 55.1 Å². The lowest BCUT2D eigenvalue weighted by molar-refractivity contribution is 0.194. The molecule has 1 fully saturated rings. The van der Waals surface area contributed by atoms with Gasteiger partial charge in [-0.15, -0.1) is 0 Å². The Morgan fingerprint density at radius 2 is 1.78 bits per heavy atom. The van der Waals surface area contributed by atoms with Crippen molar-refractivity contribution in [3.05, 3.63) is 36.7 Å². The van der Waals surface area contributed by atoms with Gasteiger partial charge in [0, 0.05) is 18.9 Å². The van der Waals surface area contributed by atoms with Gasteiger partial charge >= 0.3 is 0 Å². The highest BCUT2D eigenvalue weighted by atomic mass is 32.2. The molecule has 1 aromatic carbocycles. The summed E-state index contributed by atoms with van der Waals surface area (Å²) in [6.07, 6.45) is 3.29. The van der Waals surface area contributed by atoms with Gasteiger partial charge < -0.3 is 14.2 Å². The summed E-state index contributed by atoms with van der Waals surface area (Å²) in [7, 11) is -2.11. The van der Waals surface area contributed by atoms with Crippen molar-refractivity contribution < 1.29 is 22.6 Å². The van der Waals surface area contributed by atoms with E-state index in [0.717, 1.165) is 0 Å². The van der Waals surface area contributed by atoms with Crippen LogP contribution in [0, 0.1) is 0 Å². The molecule has 1 aliphatic heterocycles. The summed E-state index contributed by atoms with van der Waals surface area (Å²) in [4.78, 5) is 8.36. The summed E-state index contributed by atoms with van der Waals surface area (Å²) in [5.74, 6) is 1.18. The Labute approximate surface area is 159 Å². The maximum absolute atomic E-state index is 12.9. The van der Waals surface area contributed by atoms with Crippen LogP contribution in [0.5, 0.6) is 17.5 Å². The molecule has 0 radical (unpaired) electrons. The molecule has 0 saturated carbocycles. The van der Waals surface area contributed by atoms with E-state index in [9.17, 15) is 8.42 Å². The Hall–Kier alpha value is -2.39. The molecule has 0 bridgehead atoms. The molecule has 0 spiro atoms. The van der Waals surface area contributed by atoms with Gasteiger partial charge in [0.25, 0.3) is 11.8 Å². The van der Waals surface area contributed by atoms with Crippen molar-refractivity contribution in [3.8, 4) is 17.5 Å². The van der Waals surface area contributed by atoms with Gasteiger partial charge in [-0.05, 0) is 44.5 Å². The minimum Gasteiger partial charge on any atom is -0.491 e. The molecule has 1 unspecified atom stereocenters. The number of hydrogen-bond donors (Lipinski definition) is 0. The fourth-order valence-electron chi connectivity index (χ4n) is 2.81. The second-order valence-electron chi connectivity index (χ2n) is 6.40. The number of methoxy groups -OCH3 is 1. The van der Waals surface area contributed by atoms with Crippen molar-refractivity contribution in [1.29, 1.82) is 0 Å². The molecule has 1 atom stereocenters. The summed E-state index contributed by atoms with van der Waals surface area (Å²) in [6.45, 7) is 4.45. The highest BCUT2D eigenvalue weighted by molar-refractivity contribution is 7.89. The van der Waals surface area contributed by atoms with E-state index in [1.807, 2.05) is 13.8 Å². The SMILES string of the molecule is COc1nccnc1OC1CCN(S(=O)(=O)c2ccc(OC(C)C)cc2)C1. The van der Waals surface area contributed by atoms with E-state index in [-0.39, 0.29) is 35.4 Å². The number of nitrogens with zero attached hydrogens (tertiary/aromatic N) is 3. The van der Waals surface area contributed by atoms with Crippen LogP contribution in [0.25, 0.3) is 0 Å². The Kier molecular flexibility index (Phi) is 5.81. The lowest BCUT2D eigenvalue weighted by atomic mass is 10.3. The molecule has 1 aliphatic rings. The summed E-state index contributed by atoms with van der Waals surface area (Å²) in [5, 5.41) is 0. The number of rotatable bonds is 7. The fraction of sp³-hybridized carbons (Fsp3) is 0.444. The number of benzene rings is 1. The van der Waals surface area contributed by atoms with Crippen molar-refractivity contribution in [2.75, 3.05) is 20.2 Å². The third-order valence-corrected chi connectivity index (χ3v) is 5.93. The molecule has 146 valence electrons. The van der Waals surface area contributed by atoms with Crippen molar-refractivity contribution in [3.63, 3.8) is 0 Å². The van der Waals surface area contributed by atoms with Gasteiger partial charge in [-0.1, -0.05) is 0 Å². The molecule has 1 aromatic heterocycles. The minimum atomic E-state index is -3.59. The van der Waals surface area contributed by atoms with Crippen LogP contribution in [0.2, 0.25) is 0 Å². The van der Waals surface area contributed by atoms with Gasteiger partial charge in [-0.2, -0.15) is 4.31 Å². The highest BCUT2D eigenvalue weighted by Gasteiger charge is 2.34. The van der Waals surface area contributed by atoms with Crippen molar-refractivity contribution in [2.45, 2.75) is 37.4 Å². The van der Waals surface area contributed by atoms with Crippen LogP contribution in [0.15, 0.2) is 41.6 Å². The average molecular weight is 393 g/mol. The van der Waals surface area contributed by atoms with Gasteiger partial charge in [-0.25, -0.2) is 18.4 Å². The zero-order valence-corrected chi connectivity index (χ0v) is 16.3. The maximum atomic E-state index is 12.9. The molecule has 0 aliphatic carbocycles. The molecule has 3 rings (SSSR count). The molecule has 2 aromatic rings. The predicted molar refractivity (Wildman–Crippen MR) is 98.6 cm³/mol. The first-order valence-corrected chi connectivity index (χ1v) is 10.1. The van der Waals surface area contributed by atoms with Crippen LogP contribution in [-0.2, 0) is 10.0 Å². The monoisotopic (exact) mass is 393 g/mol. The van der Waals surface area contributed by atoms with E-state index in [4.69, 9.17) is 14.2 Å². The van der Waals surface area contributed by atoms with Crippen LogP contribution >= 0.6 is 0 Å². The predicted octanol–water partition coefficient (Wildman–Crippen LogP) is 2.11. The van der Waals surface area contributed by atoms with Crippen molar-refractivity contribution in [1.82, 2.24) is 14.3 Å². The number of hydrogen-bond acceptors (Lipinski definition) is 7. The average Bonchev–Trinajstić information content (AvgIpc) is 3.11. The fourth-order valence-corrected chi connectivity index (χ4v) is 4.30. The topological polar surface area (TPSA) is 90.9 Å². The lowest BCUT2D eigenvalue weighted by Gasteiger charge is -2.18. The molecule has 8 nitrogen and oxygen atoms in total. The molecule has 0 N–H and O–H groups in total. The Bertz CT molecular complexity index is 871. The number of sulfonamides is 1. The smallest absolute Gasteiger partial charge is 0.278 e. The first kappa shape index (κ1) is 19.4. The molecule has 0 amide bonds. The Morgan fingerprint density at radius 1 is 1.11 bits per heavy atom. The first-order chi connectivity index (χ1) is 12.9. The van der Waals surface area contributed by atoms with Crippen LogP contribution in [0.4, 0.5) is 0 Å². The van der Waals surface area contributed by atoms with E-state index in [1.54, 1.807) is 24.3 Å². The van der Waals surface area contributed by atoms with Crippen LogP contribution < -0.4 is 14.2 Å². The zero-order valence-electron chi connectivity index (χ0n) is 15.5. The maximum Gasteiger partial charge on any atom is 0.278 e. The van der Waals surface area contributed by atoms with E-state index in [1.165, 1.54) is 23.8 Å². The highest BCUT2D eigenvalue weighted by Crippen LogP contribution is 2.27. The Balaban J connectivity index is 1.68. The van der Waals surface area contributed by atoms with Gasteiger partial charge in [0.2, 0.25) is 10.0 Å². The lowest BCUT2D eigenvalue weighted by Crippen LogP contribution is -2.31. The molecule has 2 heterocycles. The van der Waals surface area contributed by atoms with Gasteiger partial charge in [-0.3, -0.25) is 0 Å². The van der Waals surface area contributed by atoms with Crippen molar-refractivity contribution >= 4 is 10.0 Å². The van der Waals surface area contributed by atoms with E-state index in [2.05, 4.69) is 9.97 Å². The quantitative estimate of drug-likeness (QED) is 0.711. The number of aromatic nitrogens is 2. The van der Waals surface area contributed by atoms with E-state index < -0.39 is 10.0 Å². The van der Waals surface area contributed by atoms with Gasteiger partial charge in [0.1, 0.15) is 11.9 Å². The minimum absolute atomic E-state index is 0.0297. The largest absolute Gasteiger partial charge is 0.491 e. The standard InChI is InChI=1S/C18H23N3O5S/c1-13(2)25-14-4-6-16(7-5-14)27(22,23)21-11-8-15(12-21)26-18-17(24-3)19-9-10-20-18/h4-7,9-10,13,15H,8,11-12H2,1-3H3. The molecular weight excluding hydrogens is 370 g/mol. The normalized spacial score (nSPS) is 17.9. The summed E-state index contributed by atoms with van der Waals surface area (Å²) in [6, 6.07) is 6.46. The Morgan fingerprint density at radius 3 is 2.41 bits per heavy atom. The molecule has 27 heavy (non-hydrogen) atoms. The van der Waals surface area contributed by atoms with E-state index in [0.29, 0.717) is 18.7 Å². The van der Waals surface area contributed by atoms with Crippen LogP contribution in [0.1, 0.15) is 20.3 Å². The van der Waals surface area contributed by atoms with E-state index >= 15 is 0 Å². The van der Waals surface area contributed by atoms with Crippen molar-refractivity contribution in [2.24, 2.45) is 0 Å². The molecule has 1 saturated heterocycles. The third-order valence-electron chi connectivity index (χ3n) is 4.05. The molecule has 9 heteroatoms. The second-order valence-corrected chi connectivity index (χ2v) is 8.34. The zero-order chi connectivity index (χ0) is 19.4. The molecular formula is C18H23N3O5S.